The van der Waals surface area contributed by atoms with Crippen LogP contribution in [0.15, 0.2) is 84.9 Å². The molecule has 0 atom stereocenters. The quantitative estimate of drug-likeness (QED) is 0.367. The van der Waals surface area contributed by atoms with E-state index in [1.54, 1.807) is 42.5 Å². The largest absolute Gasteiger partial charge is 0.422 e. The molecule has 3 aromatic carbocycles. The Morgan fingerprint density at radius 1 is 0.633 bits per heavy atom. The lowest BCUT2D eigenvalue weighted by Gasteiger charge is -2.10. The fourth-order valence-electron chi connectivity index (χ4n) is 2.87. The van der Waals surface area contributed by atoms with Gasteiger partial charge in [-0.25, -0.2) is 9.59 Å². The van der Waals surface area contributed by atoms with Gasteiger partial charge in [-0.1, -0.05) is 66.8 Å². The van der Waals surface area contributed by atoms with E-state index in [2.05, 4.69) is 0 Å². The molecular formula is C26H22O4. The van der Waals surface area contributed by atoms with Gasteiger partial charge in [0.1, 0.15) is 11.5 Å². The molecule has 0 saturated carbocycles. The average Bonchev–Trinajstić information content (AvgIpc) is 2.77. The van der Waals surface area contributed by atoms with E-state index in [0.29, 0.717) is 11.5 Å². The number of esters is 2. The maximum Gasteiger partial charge on any atom is 0.343 e. The Balaban J connectivity index is 1.79. The highest BCUT2D eigenvalue weighted by molar-refractivity contribution is 5.97. The molecule has 3 aromatic rings. The Kier molecular flexibility index (Phi) is 6.95. The maximum atomic E-state index is 12.6. The first kappa shape index (κ1) is 20.8. The summed E-state index contributed by atoms with van der Waals surface area (Å²) in [5, 5.41) is 0. The molecule has 150 valence electrons. The Morgan fingerprint density at radius 3 is 1.50 bits per heavy atom. The van der Waals surface area contributed by atoms with Crippen molar-refractivity contribution in [2.75, 3.05) is 0 Å². The lowest BCUT2D eigenvalue weighted by atomic mass is 10.1. The molecule has 30 heavy (non-hydrogen) atoms. The molecule has 0 bridgehead atoms. The van der Waals surface area contributed by atoms with Gasteiger partial charge in [0.05, 0.1) is 11.1 Å². The van der Waals surface area contributed by atoms with Gasteiger partial charge in [0.25, 0.3) is 0 Å². The summed E-state index contributed by atoms with van der Waals surface area (Å²) in [7, 11) is 0. The fourth-order valence-corrected chi connectivity index (χ4v) is 2.87. The highest BCUT2D eigenvalue weighted by Crippen LogP contribution is 2.23. The van der Waals surface area contributed by atoms with Crippen LogP contribution in [0, 0.1) is 0 Å². The predicted octanol–water partition coefficient (Wildman–Crippen LogP) is 6.19. The number of benzene rings is 3. The zero-order valence-electron chi connectivity index (χ0n) is 16.9. The van der Waals surface area contributed by atoms with Crippen LogP contribution < -0.4 is 9.47 Å². The number of carbonyl (C=O) groups is 2. The molecule has 3 rings (SSSR count). The lowest BCUT2D eigenvalue weighted by Crippen LogP contribution is -2.13. The molecule has 0 N–H and O–H groups in total. The Bertz CT molecular complexity index is 1020. The molecule has 0 saturated heterocycles. The minimum absolute atomic E-state index is 0.265. The summed E-state index contributed by atoms with van der Waals surface area (Å²) in [4.78, 5) is 25.3. The lowest BCUT2D eigenvalue weighted by molar-refractivity contribution is 0.0734. The van der Waals surface area contributed by atoms with Crippen LogP contribution >= 0.6 is 0 Å². The minimum Gasteiger partial charge on any atom is -0.422 e. The Morgan fingerprint density at radius 2 is 1.07 bits per heavy atom. The van der Waals surface area contributed by atoms with Crippen molar-refractivity contribution in [2.45, 2.75) is 13.8 Å². The van der Waals surface area contributed by atoms with Crippen molar-refractivity contribution in [3.05, 3.63) is 107 Å². The van der Waals surface area contributed by atoms with Crippen LogP contribution in [0.4, 0.5) is 0 Å². The van der Waals surface area contributed by atoms with Gasteiger partial charge in [0.2, 0.25) is 0 Å². The van der Waals surface area contributed by atoms with Crippen LogP contribution in [-0.4, -0.2) is 11.9 Å². The van der Waals surface area contributed by atoms with Gasteiger partial charge < -0.3 is 9.47 Å². The normalized spacial score (nSPS) is 11.0. The number of rotatable bonds is 6. The Hall–Kier alpha value is -3.92. The number of allylic oxidation sites excluding steroid dienone is 2. The highest BCUT2D eigenvalue weighted by Gasteiger charge is 2.15. The average molecular weight is 398 g/mol. The van der Waals surface area contributed by atoms with Gasteiger partial charge in [0, 0.05) is 11.1 Å². The van der Waals surface area contributed by atoms with E-state index in [1.165, 1.54) is 6.07 Å². The van der Waals surface area contributed by atoms with E-state index in [1.807, 2.05) is 62.4 Å². The summed E-state index contributed by atoms with van der Waals surface area (Å²) in [5.74, 6) is -0.186. The SMILES string of the molecule is C/C=C\c1ccccc1OC(=O)c1cccc(C(=O)Oc2ccccc2/C=C\C)c1. The van der Waals surface area contributed by atoms with Crippen molar-refractivity contribution in [1.29, 1.82) is 0 Å². The number of para-hydroxylation sites is 2. The maximum absolute atomic E-state index is 12.6. The molecule has 4 heteroatoms. The van der Waals surface area contributed by atoms with Crippen LogP contribution in [-0.2, 0) is 0 Å². The van der Waals surface area contributed by atoms with Crippen molar-refractivity contribution in [2.24, 2.45) is 0 Å². The highest BCUT2D eigenvalue weighted by atomic mass is 16.5. The van der Waals surface area contributed by atoms with Crippen LogP contribution in [0.3, 0.4) is 0 Å². The molecule has 0 aliphatic carbocycles. The van der Waals surface area contributed by atoms with Crippen LogP contribution in [0.25, 0.3) is 12.2 Å². The van der Waals surface area contributed by atoms with Crippen LogP contribution in [0.2, 0.25) is 0 Å². The summed E-state index contributed by atoms with van der Waals surface area (Å²) >= 11 is 0. The number of hydrogen-bond acceptors (Lipinski definition) is 4. The zero-order chi connectivity index (χ0) is 21.3. The molecule has 0 unspecified atom stereocenters. The third-order valence-electron chi connectivity index (χ3n) is 4.27. The van der Waals surface area contributed by atoms with Gasteiger partial charge in [-0.05, 0) is 44.2 Å². The van der Waals surface area contributed by atoms with E-state index in [-0.39, 0.29) is 11.1 Å². The van der Waals surface area contributed by atoms with E-state index < -0.39 is 11.9 Å². The van der Waals surface area contributed by atoms with Gasteiger partial charge in [0.15, 0.2) is 0 Å². The van der Waals surface area contributed by atoms with E-state index in [4.69, 9.17) is 9.47 Å². The summed E-state index contributed by atoms with van der Waals surface area (Å²) in [6.07, 6.45) is 7.46. The van der Waals surface area contributed by atoms with Crippen LogP contribution in [0.1, 0.15) is 45.7 Å². The molecule has 0 spiro atoms. The first-order chi connectivity index (χ1) is 14.6. The first-order valence-corrected chi connectivity index (χ1v) is 9.60. The minimum atomic E-state index is -0.545. The molecule has 0 fully saturated rings. The van der Waals surface area contributed by atoms with E-state index in [0.717, 1.165) is 11.1 Å². The molecule has 0 heterocycles. The second kappa shape index (κ2) is 10.0. The van der Waals surface area contributed by atoms with Crippen molar-refractivity contribution in [3.63, 3.8) is 0 Å². The van der Waals surface area contributed by atoms with Gasteiger partial charge >= 0.3 is 11.9 Å². The summed E-state index contributed by atoms with van der Waals surface area (Å²) in [5.41, 5.74) is 2.12. The molecule has 0 aromatic heterocycles. The first-order valence-electron chi connectivity index (χ1n) is 9.60. The van der Waals surface area contributed by atoms with Crippen molar-refractivity contribution >= 4 is 24.1 Å². The molecule has 0 amide bonds. The molecule has 0 aliphatic heterocycles. The zero-order valence-corrected chi connectivity index (χ0v) is 16.9. The monoisotopic (exact) mass is 398 g/mol. The van der Waals surface area contributed by atoms with E-state index >= 15 is 0 Å². The van der Waals surface area contributed by atoms with E-state index in [9.17, 15) is 9.59 Å². The second-order valence-corrected chi connectivity index (χ2v) is 6.44. The topological polar surface area (TPSA) is 52.6 Å². The molecular weight excluding hydrogens is 376 g/mol. The fraction of sp³-hybridized carbons (Fsp3) is 0.0769. The predicted molar refractivity (Wildman–Crippen MR) is 119 cm³/mol. The van der Waals surface area contributed by atoms with Gasteiger partial charge in [-0.3, -0.25) is 0 Å². The molecule has 0 aliphatic rings. The van der Waals surface area contributed by atoms with Crippen molar-refractivity contribution < 1.29 is 19.1 Å². The Labute approximate surface area is 176 Å². The number of ether oxygens (including phenoxy) is 2. The van der Waals surface area contributed by atoms with Crippen molar-refractivity contribution in [3.8, 4) is 11.5 Å². The van der Waals surface area contributed by atoms with Crippen LogP contribution in [0.5, 0.6) is 11.5 Å². The standard InChI is InChI=1S/C26H22O4/c1-3-10-19-12-5-7-16-23(19)29-25(27)21-14-9-15-22(18-21)26(28)30-24-17-8-6-13-20(24)11-4-2/h3-18H,1-2H3/b10-3-,11-4-. The molecule has 0 radical (unpaired) electrons. The third kappa shape index (κ3) is 5.11. The second-order valence-electron chi connectivity index (χ2n) is 6.44. The summed E-state index contributed by atoms with van der Waals surface area (Å²) in [6, 6.07) is 20.8. The smallest absolute Gasteiger partial charge is 0.343 e. The van der Waals surface area contributed by atoms with Gasteiger partial charge in [-0.15, -0.1) is 0 Å². The third-order valence-corrected chi connectivity index (χ3v) is 4.27. The number of hydrogen-bond donors (Lipinski definition) is 0. The summed E-state index contributed by atoms with van der Waals surface area (Å²) < 4.78 is 11.1. The number of carbonyl (C=O) groups excluding carboxylic acids is 2. The molecule has 4 nitrogen and oxygen atoms in total. The summed E-state index contributed by atoms with van der Waals surface area (Å²) in [6.45, 7) is 3.78. The van der Waals surface area contributed by atoms with Gasteiger partial charge in [-0.2, -0.15) is 0 Å². The van der Waals surface area contributed by atoms with Crippen molar-refractivity contribution in [1.82, 2.24) is 0 Å².